The van der Waals surface area contributed by atoms with Crippen molar-refractivity contribution in [2.45, 2.75) is 24.8 Å². The highest BCUT2D eigenvalue weighted by molar-refractivity contribution is 7.89. The largest absolute Gasteiger partial charge is 0.322 e. The summed E-state index contributed by atoms with van der Waals surface area (Å²) in [5.74, 6) is -0.594. The molecule has 0 saturated carbocycles. The fraction of sp³-hybridized carbons (Fsp3) is 0.174. The van der Waals surface area contributed by atoms with Crippen molar-refractivity contribution in [3.63, 3.8) is 0 Å². The van der Waals surface area contributed by atoms with Crippen LogP contribution in [-0.2, 0) is 23.0 Å². The second-order valence-electron chi connectivity index (χ2n) is 7.76. The molecule has 0 radical (unpaired) electrons. The maximum Gasteiger partial charge on any atom is 0.270 e. The quantitative estimate of drug-likeness (QED) is 0.421. The van der Waals surface area contributed by atoms with Crippen molar-refractivity contribution in [2.75, 3.05) is 11.9 Å². The number of nitro benzene ring substituents is 1. The molecule has 8 nitrogen and oxygen atoms in total. The van der Waals surface area contributed by atoms with E-state index < -0.39 is 20.9 Å². The van der Waals surface area contributed by atoms with Crippen LogP contribution in [0.1, 0.15) is 27.0 Å². The molecule has 1 amide bonds. The lowest BCUT2D eigenvalue weighted by atomic mass is 10.0. The van der Waals surface area contributed by atoms with Crippen LogP contribution in [-0.4, -0.2) is 30.1 Å². The van der Waals surface area contributed by atoms with Gasteiger partial charge in [-0.05, 0) is 54.8 Å². The van der Waals surface area contributed by atoms with E-state index in [1.165, 1.54) is 16.4 Å². The average molecular weight is 486 g/mol. The number of carbonyl (C=O) groups excluding carboxylic acids is 1. The number of fused-ring (bicyclic) bond motifs is 1. The average Bonchev–Trinajstić information content (AvgIpc) is 2.79. The number of nitrogens with one attached hydrogen (secondary N) is 1. The summed E-state index contributed by atoms with van der Waals surface area (Å²) in [7, 11) is -3.65. The summed E-state index contributed by atoms with van der Waals surface area (Å²) < 4.78 is 27.6. The fourth-order valence-corrected chi connectivity index (χ4v) is 5.29. The minimum absolute atomic E-state index is 0.0211. The highest BCUT2D eigenvalue weighted by atomic mass is 35.5. The van der Waals surface area contributed by atoms with Crippen LogP contribution in [0.2, 0.25) is 5.02 Å². The number of nitro groups is 1. The van der Waals surface area contributed by atoms with Crippen molar-refractivity contribution < 1.29 is 18.1 Å². The molecule has 1 aliphatic heterocycles. The number of nitrogens with zero attached hydrogens (tertiary/aromatic N) is 2. The monoisotopic (exact) mass is 485 g/mol. The van der Waals surface area contributed by atoms with Crippen LogP contribution in [0.3, 0.4) is 0 Å². The molecule has 33 heavy (non-hydrogen) atoms. The second-order valence-corrected chi connectivity index (χ2v) is 10.1. The first kappa shape index (κ1) is 22.9. The lowest BCUT2D eigenvalue weighted by molar-refractivity contribution is -0.384. The van der Waals surface area contributed by atoms with E-state index in [2.05, 4.69) is 5.32 Å². The van der Waals surface area contributed by atoms with Crippen LogP contribution in [0.5, 0.6) is 0 Å². The van der Waals surface area contributed by atoms with Crippen molar-refractivity contribution >= 4 is 38.9 Å². The van der Waals surface area contributed by atoms with Crippen LogP contribution < -0.4 is 5.32 Å². The Morgan fingerprint density at radius 2 is 1.79 bits per heavy atom. The lowest BCUT2D eigenvalue weighted by Crippen LogP contribution is -2.36. The standard InChI is InChI=1S/C23H20ClN3O5S/c1-15-2-7-20(8-3-15)33(31,32)26-11-10-16-4-5-18(12-17(16)14-26)25-23(28)21-13-19(27(29)30)6-9-22(21)24/h2-9,12-13H,10-11,14H2,1H3,(H,25,28). The number of halogens is 1. The molecule has 3 aromatic carbocycles. The summed E-state index contributed by atoms with van der Waals surface area (Å²) in [6.45, 7) is 2.43. The number of carbonyl (C=O) groups is 1. The smallest absolute Gasteiger partial charge is 0.270 e. The first-order valence-corrected chi connectivity index (χ1v) is 11.9. The molecule has 0 unspecified atom stereocenters. The third kappa shape index (κ3) is 4.75. The van der Waals surface area contributed by atoms with Gasteiger partial charge in [-0.3, -0.25) is 14.9 Å². The van der Waals surface area contributed by atoms with E-state index in [1.807, 2.05) is 13.0 Å². The lowest BCUT2D eigenvalue weighted by Gasteiger charge is -2.28. The van der Waals surface area contributed by atoms with Gasteiger partial charge >= 0.3 is 0 Å². The predicted octanol–water partition coefficient (Wildman–Crippen LogP) is 4.56. The Hall–Kier alpha value is -3.27. The Morgan fingerprint density at radius 3 is 2.48 bits per heavy atom. The third-order valence-corrected chi connectivity index (χ3v) is 7.69. The van der Waals surface area contributed by atoms with Gasteiger partial charge in [0.05, 0.1) is 20.4 Å². The number of benzene rings is 3. The number of anilines is 1. The zero-order chi connectivity index (χ0) is 23.8. The number of rotatable bonds is 5. The van der Waals surface area contributed by atoms with Crippen LogP contribution >= 0.6 is 11.6 Å². The summed E-state index contributed by atoms with van der Waals surface area (Å²) in [6, 6.07) is 15.6. The van der Waals surface area contributed by atoms with Gasteiger partial charge in [-0.15, -0.1) is 0 Å². The third-order valence-electron chi connectivity index (χ3n) is 5.51. The molecule has 1 aliphatic rings. The van der Waals surface area contributed by atoms with Crippen molar-refractivity contribution in [1.29, 1.82) is 0 Å². The van der Waals surface area contributed by atoms with Crippen molar-refractivity contribution in [3.05, 3.63) is 98.1 Å². The molecule has 0 saturated heterocycles. The molecule has 0 atom stereocenters. The minimum Gasteiger partial charge on any atom is -0.322 e. The van der Waals surface area contributed by atoms with Gasteiger partial charge in [-0.2, -0.15) is 4.31 Å². The molecule has 10 heteroatoms. The van der Waals surface area contributed by atoms with E-state index in [-0.39, 0.29) is 27.7 Å². The molecule has 3 aromatic rings. The number of non-ortho nitro benzene ring substituents is 1. The Labute approximate surface area is 196 Å². The van der Waals surface area contributed by atoms with E-state index in [9.17, 15) is 23.3 Å². The molecular weight excluding hydrogens is 466 g/mol. The Balaban J connectivity index is 1.56. The van der Waals surface area contributed by atoms with Gasteiger partial charge in [0.25, 0.3) is 11.6 Å². The number of hydrogen-bond donors (Lipinski definition) is 1. The van der Waals surface area contributed by atoms with Gasteiger partial charge in [0.2, 0.25) is 10.0 Å². The molecule has 0 aromatic heterocycles. The fourth-order valence-electron chi connectivity index (χ4n) is 3.67. The van der Waals surface area contributed by atoms with Crippen LogP contribution in [0.15, 0.2) is 65.6 Å². The Bertz CT molecular complexity index is 1360. The first-order valence-electron chi connectivity index (χ1n) is 10.1. The van der Waals surface area contributed by atoms with Gasteiger partial charge in [0, 0.05) is 30.9 Å². The van der Waals surface area contributed by atoms with E-state index in [4.69, 9.17) is 11.6 Å². The number of amides is 1. The zero-order valence-corrected chi connectivity index (χ0v) is 19.2. The van der Waals surface area contributed by atoms with Gasteiger partial charge in [0.1, 0.15) is 0 Å². The van der Waals surface area contributed by atoms with E-state index in [0.717, 1.165) is 22.8 Å². The summed E-state index contributed by atoms with van der Waals surface area (Å²) in [4.78, 5) is 23.3. The topological polar surface area (TPSA) is 110 Å². The van der Waals surface area contributed by atoms with Crippen LogP contribution in [0, 0.1) is 17.0 Å². The molecular formula is C23H20ClN3O5S. The number of hydrogen-bond acceptors (Lipinski definition) is 5. The maximum absolute atomic E-state index is 13.1. The molecule has 1 heterocycles. The molecule has 0 bridgehead atoms. The van der Waals surface area contributed by atoms with Crippen LogP contribution in [0.25, 0.3) is 0 Å². The molecule has 0 fully saturated rings. The van der Waals surface area contributed by atoms with Crippen molar-refractivity contribution in [2.24, 2.45) is 0 Å². The molecule has 4 rings (SSSR count). The maximum atomic E-state index is 13.1. The summed E-state index contributed by atoms with van der Waals surface area (Å²) >= 11 is 6.06. The summed E-state index contributed by atoms with van der Waals surface area (Å²) in [6.07, 6.45) is 0.547. The van der Waals surface area contributed by atoms with Crippen molar-refractivity contribution in [1.82, 2.24) is 4.31 Å². The highest BCUT2D eigenvalue weighted by Gasteiger charge is 2.28. The van der Waals surface area contributed by atoms with Gasteiger partial charge in [-0.25, -0.2) is 8.42 Å². The van der Waals surface area contributed by atoms with E-state index in [0.29, 0.717) is 18.7 Å². The molecule has 1 N–H and O–H groups in total. The highest BCUT2D eigenvalue weighted by Crippen LogP contribution is 2.28. The Morgan fingerprint density at radius 1 is 1.06 bits per heavy atom. The van der Waals surface area contributed by atoms with Gasteiger partial charge in [0.15, 0.2) is 0 Å². The summed E-state index contributed by atoms with van der Waals surface area (Å²) in [5, 5.41) is 13.8. The van der Waals surface area contributed by atoms with Crippen molar-refractivity contribution in [3.8, 4) is 0 Å². The van der Waals surface area contributed by atoms with Crippen LogP contribution in [0.4, 0.5) is 11.4 Å². The Kier molecular flexibility index (Phi) is 6.20. The molecule has 170 valence electrons. The SMILES string of the molecule is Cc1ccc(S(=O)(=O)N2CCc3ccc(NC(=O)c4cc([N+](=O)[O-])ccc4Cl)cc3C2)cc1. The normalized spacial score (nSPS) is 13.9. The van der Waals surface area contributed by atoms with E-state index in [1.54, 1.807) is 36.4 Å². The second kappa shape index (κ2) is 8.93. The predicted molar refractivity (Wildman–Crippen MR) is 125 cm³/mol. The van der Waals surface area contributed by atoms with Gasteiger partial charge in [-0.1, -0.05) is 35.4 Å². The number of sulfonamides is 1. The number of aryl methyl sites for hydroxylation is 1. The van der Waals surface area contributed by atoms with E-state index >= 15 is 0 Å². The first-order chi connectivity index (χ1) is 15.6. The van der Waals surface area contributed by atoms with Gasteiger partial charge < -0.3 is 5.32 Å². The molecule has 0 aliphatic carbocycles. The summed E-state index contributed by atoms with van der Waals surface area (Å²) in [5.41, 5.74) is 2.92. The molecule has 0 spiro atoms. The zero-order valence-electron chi connectivity index (χ0n) is 17.6. The minimum atomic E-state index is -3.65.